The molecule has 0 unspecified atom stereocenters. The lowest BCUT2D eigenvalue weighted by molar-refractivity contribution is 0.144. The van der Waals surface area contributed by atoms with Crippen molar-refractivity contribution in [3.05, 3.63) is 94.5 Å². The van der Waals surface area contributed by atoms with Crippen LogP contribution >= 0.6 is 11.6 Å². The van der Waals surface area contributed by atoms with Gasteiger partial charge >= 0.3 is 6.09 Å². The quantitative estimate of drug-likeness (QED) is 0.541. The van der Waals surface area contributed by atoms with E-state index in [9.17, 15) is 4.79 Å². The summed E-state index contributed by atoms with van der Waals surface area (Å²) in [5, 5.41) is 3.32. The minimum absolute atomic E-state index is 0.0558. The van der Waals surface area contributed by atoms with Crippen LogP contribution in [0.15, 0.2) is 72.8 Å². The van der Waals surface area contributed by atoms with Crippen LogP contribution in [0.1, 0.15) is 22.6 Å². The molecule has 0 saturated carbocycles. The lowest BCUT2D eigenvalue weighted by atomic mass is 9.98. The van der Waals surface area contributed by atoms with Crippen LogP contribution in [-0.4, -0.2) is 26.4 Å². The van der Waals surface area contributed by atoms with E-state index in [1.54, 1.807) is 13.2 Å². The van der Waals surface area contributed by atoms with Crippen molar-refractivity contribution in [2.75, 3.05) is 20.3 Å². The molecule has 4 rings (SSSR count). The third-order valence-electron chi connectivity index (χ3n) is 5.19. The van der Waals surface area contributed by atoms with Crippen molar-refractivity contribution in [3.8, 4) is 16.9 Å². The predicted molar refractivity (Wildman–Crippen MR) is 120 cm³/mol. The van der Waals surface area contributed by atoms with Crippen molar-refractivity contribution in [1.82, 2.24) is 5.32 Å². The van der Waals surface area contributed by atoms with E-state index in [0.717, 1.165) is 5.56 Å². The SMILES string of the molecule is COc1cc(C=CCNC(=O)OCC2c3ccccc3-c3ccccc32)ccc1Cl. The summed E-state index contributed by atoms with van der Waals surface area (Å²) in [6.45, 7) is 0.666. The molecule has 1 aliphatic rings. The van der Waals surface area contributed by atoms with E-state index < -0.39 is 6.09 Å². The Kier molecular flexibility index (Phi) is 6.05. The number of halogens is 1. The molecule has 0 fully saturated rings. The number of methoxy groups -OCH3 is 1. The van der Waals surface area contributed by atoms with E-state index in [0.29, 0.717) is 23.9 Å². The van der Waals surface area contributed by atoms with Gasteiger partial charge in [0, 0.05) is 12.5 Å². The normalized spacial score (nSPS) is 12.5. The number of hydrogen-bond donors (Lipinski definition) is 1. The summed E-state index contributed by atoms with van der Waals surface area (Å²) in [6, 6.07) is 22.1. The van der Waals surface area contributed by atoms with E-state index in [1.165, 1.54) is 22.3 Å². The standard InChI is InChI=1S/C25H22ClNO3/c1-29-24-15-17(12-13-23(24)26)7-6-14-27-25(28)30-16-22-20-10-4-2-8-18(20)19-9-3-5-11-21(19)22/h2-13,15,22H,14,16H2,1H3,(H,27,28). The number of benzene rings is 3. The molecule has 152 valence electrons. The van der Waals surface area contributed by atoms with Crippen molar-refractivity contribution < 1.29 is 14.3 Å². The molecule has 4 nitrogen and oxygen atoms in total. The van der Waals surface area contributed by atoms with Gasteiger partial charge in [0.1, 0.15) is 12.4 Å². The maximum absolute atomic E-state index is 12.2. The summed E-state index contributed by atoms with van der Waals surface area (Å²) < 4.78 is 10.7. The van der Waals surface area contributed by atoms with Gasteiger partial charge in [-0.3, -0.25) is 0 Å². The second-order valence-electron chi connectivity index (χ2n) is 7.00. The van der Waals surface area contributed by atoms with Gasteiger partial charge < -0.3 is 14.8 Å². The highest BCUT2D eigenvalue weighted by molar-refractivity contribution is 6.32. The Balaban J connectivity index is 1.32. The monoisotopic (exact) mass is 419 g/mol. The maximum atomic E-state index is 12.2. The van der Waals surface area contributed by atoms with E-state index in [-0.39, 0.29) is 5.92 Å². The summed E-state index contributed by atoms with van der Waals surface area (Å²) in [5.74, 6) is 0.670. The average Bonchev–Trinajstić information content (AvgIpc) is 3.10. The molecule has 0 heterocycles. The summed E-state index contributed by atoms with van der Waals surface area (Å²) in [5.41, 5.74) is 5.75. The Labute approximate surface area is 181 Å². The van der Waals surface area contributed by atoms with Crippen molar-refractivity contribution in [2.45, 2.75) is 5.92 Å². The molecule has 1 N–H and O–H groups in total. The van der Waals surface area contributed by atoms with Crippen LogP contribution in [0, 0.1) is 0 Å². The van der Waals surface area contributed by atoms with Crippen molar-refractivity contribution in [1.29, 1.82) is 0 Å². The molecule has 0 radical (unpaired) electrons. The molecule has 3 aromatic carbocycles. The van der Waals surface area contributed by atoms with Crippen LogP contribution in [0.5, 0.6) is 5.75 Å². The Morgan fingerprint density at radius 3 is 2.37 bits per heavy atom. The summed E-state index contributed by atoms with van der Waals surface area (Å²) in [7, 11) is 1.58. The van der Waals surface area contributed by atoms with Crippen LogP contribution in [0.2, 0.25) is 5.02 Å². The first-order chi connectivity index (χ1) is 14.7. The maximum Gasteiger partial charge on any atom is 0.407 e. The highest BCUT2D eigenvalue weighted by Crippen LogP contribution is 2.44. The first kappa shape index (κ1) is 20.0. The highest BCUT2D eigenvalue weighted by Gasteiger charge is 2.28. The molecular weight excluding hydrogens is 398 g/mol. The zero-order chi connectivity index (χ0) is 20.9. The second kappa shape index (κ2) is 9.06. The summed E-state index contributed by atoms with van der Waals surface area (Å²) in [6.07, 6.45) is 3.31. The molecule has 0 spiro atoms. The topological polar surface area (TPSA) is 47.6 Å². The fourth-order valence-corrected chi connectivity index (χ4v) is 3.96. The molecule has 5 heteroatoms. The van der Waals surface area contributed by atoms with Gasteiger partial charge in [-0.1, -0.05) is 78.4 Å². The fourth-order valence-electron chi connectivity index (χ4n) is 3.77. The molecule has 1 aliphatic carbocycles. The third-order valence-corrected chi connectivity index (χ3v) is 5.51. The largest absolute Gasteiger partial charge is 0.495 e. The molecule has 0 bridgehead atoms. The fraction of sp³-hybridized carbons (Fsp3) is 0.160. The minimum Gasteiger partial charge on any atom is -0.495 e. The van der Waals surface area contributed by atoms with Gasteiger partial charge in [0.25, 0.3) is 0 Å². The molecule has 0 saturated heterocycles. The molecule has 30 heavy (non-hydrogen) atoms. The third kappa shape index (κ3) is 4.19. The van der Waals surface area contributed by atoms with E-state index >= 15 is 0 Å². The summed E-state index contributed by atoms with van der Waals surface area (Å²) in [4.78, 5) is 12.2. The van der Waals surface area contributed by atoms with Gasteiger partial charge in [-0.15, -0.1) is 0 Å². The van der Waals surface area contributed by atoms with Gasteiger partial charge in [0.2, 0.25) is 0 Å². The first-order valence-electron chi connectivity index (χ1n) is 9.76. The molecule has 0 aliphatic heterocycles. The molecule has 3 aromatic rings. The van der Waals surface area contributed by atoms with Crippen LogP contribution in [-0.2, 0) is 4.74 Å². The zero-order valence-corrected chi connectivity index (χ0v) is 17.4. The zero-order valence-electron chi connectivity index (χ0n) is 16.6. The Morgan fingerprint density at radius 1 is 1.03 bits per heavy atom. The Morgan fingerprint density at radius 2 is 1.70 bits per heavy atom. The smallest absolute Gasteiger partial charge is 0.407 e. The van der Waals surface area contributed by atoms with Gasteiger partial charge in [-0.2, -0.15) is 0 Å². The van der Waals surface area contributed by atoms with Gasteiger partial charge in [-0.05, 0) is 39.9 Å². The highest BCUT2D eigenvalue weighted by atomic mass is 35.5. The minimum atomic E-state index is -0.435. The van der Waals surface area contributed by atoms with E-state index in [2.05, 4.69) is 29.6 Å². The number of ether oxygens (including phenoxy) is 2. The molecular formula is C25H22ClNO3. The summed E-state index contributed by atoms with van der Waals surface area (Å²) >= 11 is 6.03. The van der Waals surface area contributed by atoms with Crippen molar-refractivity contribution in [3.63, 3.8) is 0 Å². The van der Waals surface area contributed by atoms with Crippen LogP contribution in [0.25, 0.3) is 17.2 Å². The van der Waals surface area contributed by atoms with E-state index in [4.69, 9.17) is 21.1 Å². The number of alkyl carbamates (subject to hydrolysis) is 1. The van der Waals surface area contributed by atoms with Gasteiger partial charge in [0.15, 0.2) is 0 Å². The second-order valence-corrected chi connectivity index (χ2v) is 7.41. The van der Waals surface area contributed by atoms with Crippen molar-refractivity contribution >= 4 is 23.8 Å². The predicted octanol–water partition coefficient (Wildman–Crippen LogP) is 5.90. The number of nitrogens with one attached hydrogen (secondary N) is 1. The van der Waals surface area contributed by atoms with Gasteiger partial charge in [0.05, 0.1) is 12.1 Å². The molecule has 1 amide bonds. The molecule has 0 aromatic heterocycles. The Hall–Kier alpha value is -3.24. The number of amides is 1. The average molecular weight is 420 g/mol. The number of rotatable bonds is 6. The van der Waals surface area contributed by atoms with Crippen LogP contribution in [0.3, 0.4) is 0 Å². The number of fused-ring (bicyclic) bond motifs is 3. The van der Waals surface area contributed by atoms with Crippen molar-refractivity contribution in [2.24, 2.45) is 0 Å². The first-order valence-corrected chi connectivity index (χ1v) is 10.1. The number of carbonyl (C=O) groups excluding carboxylic acids is 1. The van der Waals surface area contributed by atoms with Gasteiger partial charge in [-0.25, -0.2) is 4.79 Å². The Bertz CT molecular complexity index is 1050. The van der Waals surface area contributed by atoms with Crippen LogP contribution in [0.4, 0.5) is 4.79 Å². The lowest BCUT2D eigenvalue weighted by Gasteiger charge is -2.14. The lowest BCUT2D eigenvalue weighted by Crippen LogP contribution is -2.26. The number of carbonyl (C=O) groups is 1. The van der Waals surface area contributed by atoms with Crippen LogP contribution < -0.4 is 10.1 Å². The number of hydrogen-bond acceptors (Lipinski definition) is 3. The van der Waals surface area contributed by atoms with E-state index in [1.807, 2.05) is 48.6 Å². The molecule has 0 atom stereocenters.